The van der Waals surface area contributed by atoms with Gasteiger partial charge in [-0.15, -0.1) is 5.10 Å². The highest BCUT2D eigenvalue weighted by Gasteiger charge is 2.12. The third kappa shape index (κ3) is 2.51. The third-order valence-corrected chi connectivity index (χ3v) is 3.27. The van der Waals surface area contributed by atoms with Gasteiger partial charge in [-0.05, 0) is 24.6 Å². The van der Waals surface area contributed by atoms with Gasteiger partial charge in [-0.25, -0.2) is 9.48 Å². The Balaban J connectivity index is 2.21. The summed E-state index contributed by atoms with van der Waals surface area (Å²) in [5.41, 5.74) is 1.27. The van der Waals surface area contributed by atoms with Crippen molar-refractivity contribution in [1.82, 2.24) is 14.8 Å². The second kappa shape index (κ2) is 4.77. The molecule has 2 aromatic rings. The maximum absolute atomic E-state index is 11.8. The molecular weight excluding hydrogens is 300 g/mol. The zero-order valence-electron chi connectivity index (χ0n) is 9.82. The Bertz CT molecular complexity index is 659. The minimum absolute atomic E-state index is 0.0146. The lowest BCUT2D eigenvalue weighted by molar-refractivity contribution is 0.101. The molecule has 0 fully saturated rings. The average molecular weight is 311 g/mol. The first kappa shape index (κ1) is 12.6. The van der Waals surface area contributed by atoms with Crippen molar-refractivity contribution in [3.8, 4) is 0 Å². The van der Waals surface area contributed by atoms with E-state index in [4.69, 9.17) is 0 Å². The number of amides is 1. The van der Waals surface area contributed by atoms with Crippen LogP contribution in [-0.4, -0.2) is 20.7 Å². The minimum atomic E-state index is -0.455. The number of H-pyrrole nitrogens is 1. The molecule has 0 radical (unpaired) electrons. The molecule has 0 aliphatic heterocycles. The van der Waals surface area contributed by atoms with Crippen LogP contribution in [0.15, 0.2) is 27.5 Å². The van der Waals surface area contributed by atoms with Crippen LogP contribution in [0.2, 0.25) is 0 Å². The van der Waals surface area contributed by atoms with Crippen molar-refractivity contribution < 1.29 is 4.79 Å². The first-order valence-electron chi connectivity index (χ1n) is 5.18. The zero-order valence-corrected chi connectivity index (χ0v) is 11.4. The number of aromatic nitrogens is 3. The van der Waals surface area contributed by atoms with Crippen LogP contribution < -0.4 is 11.0 Å². The molecule has 7 heteroatoms. The number of hydrogen-bond acceptors (Lipinski definition) is 3. The van der Waals surface area contributed by atoms with Crippen molar-refractivity contribution in [3.05, 3.63) is 44.5 Å². The summed E-state index contributed by atoms with van der Waals surface area (Å²) < 4.78 is 1.97. The molecule has 2 rings (SSSR count). The van der Waals surface area contributed by atoms with Crippen molar-refractivity contribution in [2.75, 3.05) is 5.32 Å². The Morgan fingerprint density at radius 1 is 1.50 bits per heavy atom. The average Bonchev–Trinajstić information content (AvgIpc) is 2.65. The number of aryl methyl sites for hydroxylation is 2. The highest BCUT2D eigenvalue weighted by atomic mass is 79.9. The molecule has 1 aromatic carbocycles. The maximum Gasteiger partial charge on any atom is 0.343 e. The van der Waals surface area contributed by atoms with Crippen LogP contribution in [0.25, 0.3) is 0 Å². The standard InChI is InChI=1S/C11H11BrN4O2/c1-6-3-4-7(5-8(6)12)13-10(17)9-14-11(18)16(2)15-9/h3-5H,1-2H3,(H,13,17)(H,14,15,18). The summed E-state index contributed by atoms with van der Waals surface area (Å²) >= 11 is 3.38. The van der Waals surface area contributed by atoms with E-state index < -0.39 is 11.6 Å². The molecule has 18 heavy (non-hydrogen) atoms. The summed E-state index contributed by atoms with van der Waals surface area (Å²) in [6.07, 6.45) is 0. The lowest BCUT2D eigenvalue weighted by atomic mass is 10.2. The highest BCUT2D eigenvalue weighted by molar-refractivity contribution is 9.10. The van der Waals surface area contributed by atoms with Gasteiger partial charge in [-0.2, -0.15) is 0 Å². The van der Waals surface area contributed by atoms with Crippen LogP contribution >= 0.6 is 15.9 Å². The van der Waals surface area contributed by atoms with Crippen molar-refractivity contribution in [1.29, 1.82) is 0 Å². The molecule has 0 atom stereocenters. The second-order valence-electron chi connectivity index (χ2n) is 3.82. The first-order chi connectivity index (χ1) is 8.47. The molecule has 1 aromatic heterocycles. The number of anilines is 1. The Kier molecular flexibility index (Phi) is 3.33. The Morgan fingerprint density at radius 3 is 2.78 bits per heavy atom. The largest absolute Gasteiger partial charge is 0.343 e. The van der Waals surface area contributed by atoms with Crippen LogP contribution in [0.1, 0.15) is 16.2 Å². The fourth-order valence-corrected chi connectivity index (χ4v) is 1.74. The summed E-state index contributed by atoms with van der Waals surface area (Å²) in [5, 5.41) is 6.42. The van der Waals surface area contributed by atoms with E-state index in [0.717, 1.165) is 14.7 Å². The molecule has 1 heterocycles. The summed E-state index contributed by atoms with van der Waals surface area (Å²) in [6.45, 7) is 1.95. The molecule has 0 saturated heterocycles. The van der Waals surface area contributed by atoms with E-state index in [1.807, 2.05) is 13.0 Å². The quantitative estimate of drug-likeness (QED) is 0.880. The van der Waals surface area contributed by atoms with Crippen molar-refractivity contribution >= 4 is 27.5 Å². The van der Waals surface area contributed by atoms with Gasteiger partial charge >= 0.3 is 5.69 Å². The SMILES string of the molecule is Cc1ccc(NC(=O)c2nn(C)c(=O)[nH]2)cc1Br. The monoisotopic (exact) mass is 310 g/mol. The maximum atomic E-state index is 11.8. The third-order valence-electron chi connectivity index (χ3n) is 2.41. The number of hydrogen-bond donors (Lipinski definition) is 2. The van der Waals surface area contributed by atoms with Crippen LogP contribution in [-0.2, 0) is 7.05 Å². The van der Waals surface area contributed by atoms with Gasteiger partial charge in [0.1, 0.15) is 0 Å². The summed E-state index contributed by atoms with van der Waals surface area (Å²) in [5.74, 6) is -0.470. The van der Waals surface area contributed by atoms with Gasteiger partial charge in [0.2, 0.25) is 5.82 Å². The molecule has 0 unspecified atom stereocenters. The molecule has 0 aliphatic carbocycles. The molecule has 0 saturated carbocycles. The number of carbonyl (C=O) groups excluding carboxylic acids is 1. The fraction of sp³-hybridized carbons (Fsp3) is 0.182. The van der Waals surface area contributed by atoms with Gasteiger partial charge in [0.05, 0.1) is 0 Å². The summed E-state index contributed by atoms with van der Waals surface area (Å²) in [4.78, 5) is 25.3. The van der Waals surface area contributed by atoms with Gasteiger partial charge in [-0.1, -0.05) is 22.0 Å². The van der Waals surface area contributed by atoms with Gasteiger partial charge in [0, 0.05) is 17.2 Å². The molecular formula is C11H11BrN4O2. The summed E-state index contributed by atoms with van der Waals surface area (Å²) in [6, 6.07) is 5.44. The Labute approximate surface area is 111 Å². The molecule has 94 valence electrons. The van der Waals surface area contributed by atoms with Gasteiger partial charge in [-0.3, -0.25) is 9.78 Å². The van der Waals surface area contributed by atoms with E-state index in [9.17, 15) is 9.59 Å². The number of halogens is 1. The number of carbonyl (C=O) groups is 1. The molecule has 0 bridgehead atoms. The number of nitrogens with zero attached hydrogens (tertiary/aromatic N) is 2. The number of rotatable bonds is 2. The van der Waals surface area contributed by atoms with E-state index in [2.05, 4.69) is 31.3 Å². The van der Waals surface area contributed by atoms with Crippen molar-refractivity contribution in [2.24, 2.45) is 7.05 Å². The molecule has 1 amide bonds. The zero-order chi connectivity index (χ0) is 13.3. The van der Waals surface area contributed by atoms with E-state index >= 15 is 0 Å². The van der Waals surface area contributed by atoms with E-state index in [1.165, 1.54) is 7.05 Å². The predicted molar refractivity (Wildman–Crippen MR) is 70.7 cm³/mol. The topological polar surface area (TPSA) is 79.8 Å². The van der Waals surface area contributed by atoms with Crippen molar-refractivity contribution in [2.45, 2.75) is 6.92 Å². The number of nitrogens with one attached hydrogen (secondary N) is 2. The minimum Gasteiger partial charge on any atom is -0.319 e. The first-order valence-corrected chi connectivity index (χ1v) is 5.97. The Hall–Kier alpha value is -1.89. The fourth-order valence-electron chi connectivity index (χ4n) is 1.37. The summed E-state index contributed by atoms with van der Waals surface area (Å²) in [7, 11) is 1.47. The lowest BCUT2D eigenvalue weighted by Crippen LogP contribution is -2.15. The van der Waals surface area contributed by atoms with Gasteiger partial charge < -0.3 is 5.32 Å². The van der Waals surface area contributed by atoms with Crippen LogP contribution in [0.5, 0.6) is 0 Å². The molecule has 0 aliphatic rings. The van der Waals surface area contributed by atoms with Crippen LogP contribution in [0.4, 0.5) is 5.69 Å². The molecule has 0 spiro atoms. The second-order valence-corrected chi connectivity index (χ2v) is 4.67. The van der Waals surface area contributed by atoms with E-state index in [1.54, 1.807) is 12.1 Å². The Morgan fingerprint density at radius 2 is 2.22 bits per heavy atom. The van der Waals surface area contributed by atoms with Crippen LogP contribution in [0.3, 0.4) is 0 Å². The molecule has 2 N–H and O–H groups in total. The van der Waals surface area contributed by atoms with Crippen molar-refractivity contribution in [3.63, 3.8) is 0 Å². The lowest BCUT2D eigenvalue weighted by Gasteiger charge is -2.04. The number of aromatic amines is 1. The van der Waals surface area contributed by atoms with E-state index in [-0.39, 0.29) is 5.82 Å². The predicted octanol–water partition coefficient (Wildman–Crippen LogP) is 1.43. The smallest absolute Gasteiger partial charge is 0.319 e. The van der Waals surface area contributed by atoms with E-state index in [0.29, 0.717) is 5.69 Å². The highest BCUT2D eigenvalue weighted by Crippen LogP contribution is 2.20. The van der Waals surface area contributed by atoms with Gasteiger partial charge in [0.15, 0.2) is 0 Å². The molecule has 6 nitrogen and oxygen atoms in total. The van der Waals surface area contributed by atoms with Gasteiger partial charge in [0.25, 0.3) is 5.91 Å². The number of benzene rings is 1. The van der Waals surface area contributed by atoms with Crippen LogP contribution in [0, 0.1) is 6.92 Å². The normalized spacial score (nSPS) is 10.4.